The molecule has 0 saturated carbocycles. The number of morpholine rings is 1. The van der Waals surface area contributed by atoms with E-state index in [1.807, 2.05) is 0 Å². The van der Waals surface area contributed by atoms with Crippen LogP contribution in [0.2, 0.25) is 0 Å². The first-order chi connectivity index (χ1) is 11.6. The first kappa shape index (κ1) is 17.0. The lowest BCUT2D eigenvalue weighted by Gasteiger charge is -2.31. The molecule has 1 unspecified atom stereocenters. The van der Waals surface area contributed by atoms with Gasteiger partial charge in [0.15, 0.2) is 0 Å². The van der Waals surface area contributed by atoms with E-state index in [0.717, 1.165) is 39.4 Å². The van der Waals surface area contributed by atoms with Crippen molar-refractivity contribution in [3.63, 3.8) is 0 Å². The normalized spacial score (nSPS) is 17.1. The maximum atomic E-state index is 11.7. The monoisotopic (exact) mass is 329 g/mol. The highest BCUT2D eigenvalue weighted by Gasteiger charge is 2.20. The second-order valence-corrected chi connectivity index (χ2v) is 6.65. The number of nitrogens with one attached hydrogen (secondary N) is 1. The van der Waals surface area contributed by atoms with Crippen LogP contribution in [0.25, 0.3) is 10.9 Å². The molecule has 0 aliphatic carbocycles. The third kappa shape index (κ3) is 3.62. The van der Waals surface area contributed by atoms with E-state index in [1.54, 1.807) is 6.92 Å². The number of aryl methyl sites for hydroxylation is 1. The number of aromatic nitrogens is 1. The molecule has 24 heavy (non-hydrogen) atoms. The molecule has 0 spiro atoms. The highest BCUT2D eigenvalue weighted by Crippen LogP contribution is 2.25. The Morgan fingerprint density at radius 1 is 1.21 bits per heavy atom. The van der Waals surface area contributed by atoms with E-state index in [4.69, 9.17) is 4.74 Å². The summed E-state index contributed by atoms with van der Waals surface area (Å²) in [4.78, 5) is 14.0. The van der Waals surface area contributed by atoms with Gasteiger partial charge >= 0.3 is 0 Å². The number of hydrogen-bond acceptors (Lipinski definition) is 3. The minimum Gasteiger partial charge on any atom is -0.379 e. The molecule has 1 aliphatic heterocycles. The SMILES string of the molecule is CC(=O)NC(CN1CCOCC1)Cn1c(C)c(C)c2ccccc21. The van der Waals surface area contributed by atoms with Crippen LogP contribution in [0.1, 0.15) is 18.2 Å². The summed E-state index contributed by atoms with van der Waals surface area (Å²) in [5.74, 6) is 0.0269. The fraction of sp³-hybridized carbons (Fsp3) is 0.526. The Labute approximate surface area is 143 Å². The van der Waals surface area contributed by atoms with E-state index in [2.05, 4.69) is 52.9 Å². The lowest BCUT2D eigenvalue weighted by atomic mass is 10.2. The van der Waals surface area contributed by atoms with Crippen molar-refractivity contribution in [2.45, 2.75) is 33.4 Å². The van der Waals surface area contributed by atoms with Gasteiger partial charge in [-0.2, -0.15) is 0 Å². The van der Waals surface area contributed by atoms with Crippen molar-refractivity contribution in [3.8, 4) is 0 Å². The molecule has 1 saturated heterocycles. The summed E-state index contributed by atoms with van der Waals surface area (Å²) in [6.45, 7) is 11.0. The Morgan fingerprint density at radius 3 is 2.62 bits per heavy atom. The fourth-order valence-corrected chi connectivity index (χ4v) is 3.59. The summed E-state index contributed by atoms with van der Waals surface area (Å²) in [7, 11) is 0. The summed E-state index contributed by atoms with van der Waals surface area (Å²) in [6.07, 6.45) is 0. The molecular weight excluding hydrogens is 302 g/mol. The van der Waals surface area contributed by atoms with Gasteiger partial charge in [0, 0.05) is 49.7 Å². The Balaban J connectivity index is 1.84. The molecule has 5 nitrogen and oxygen atoms in total. The highest BCUT2D eigenvalue weighted by molar-refractivity contribution is 5.85. The third-order valence-corrected chi connectivity index (χ3v) is 4.94. The number of fused-ring (bicyclic) bond motifs is 1. The van der Waals surface area contributed by atoms with Gasteiger partial charge in [-0.1, -0.05) is 18.2 Å². The molecule has 130 valence electrons. The van der Waals surface area contributed by atoms with E-state index in [-0.39, 0.29) is 11.9 Å². The Hall–Kier alpha value is -1.85. The van der Waals surface area contributed by atoms with Crippen LogP contribution in [-0.2, 0) is 16.1 Å². The molecule has 2 heterocycles. The standard InChI is InChI=1S/C19H27N3O2/c1-14-15(2)22(19-7-5-4-6-18(14)19)13-17(20-16(3)23)12-21-8-10-24-11-9-21/h4-7,17H,8-13H2,1-3H3,(H,20,23). The van der Waals surface area contributed by atoms with Crippen molar-refractivity contribution < 1.29 is 9.53 Å². The number of para-hydroxylation sites is 1. The van der Waals surface area contributed by atoms with Gasteiger partial charge in [-0.15, -0.1) is 0 Å². The summed E-state index contributed by atoms with van der Waals surface area (Å²) in [6, 6.07) is 8.58. The van der Waals surface area contributed by atoms with Gasteiger partial charge in [0.25, 0.3) is 0 Å². The lowest BCUT2D eigenvalue weighted by Crippen LogP contribution is -2.48. The van der Waals surface area contributed by atoms with Gasteiger partial charge in [-0.05, 0) is 25.5 Å². The largest absolute Gasteiger partial charge is 0.379 e. The summed E-state index contributed by atoms with van der Waals surface area (Å²) < 4.78 is 7.77. The van der Waals surface area contributed by atoms with E-state index >= 15 is 0 Å². The van der Waals surface area contributed by atoms with Crippen LogP contribution in [-0.4, -0.2) is 54.3 Å². The van der Waals surface area contributed by atoms with Crippen molar-refractivity contribution in [2.24, 2.45) is 0 Å². The molecule has 0 bridgehead atoms. The average Bonchev–Trinajstić information content (AvgIpc) is 2.81. The summed E-state index contributed by atoms with van der Waals surface area (Å²) in [5, 5.41) is 4.43. The molecule has 0 radical (unpaired) electrons. The number of carbonyl (C=O) groups excluding carboxylic acids is 1. The molecule has 1 aliphatic rings. The minimum absolute atomic E-state index is 0.0269. The molecule has 1 aromatic heterocycles. The van der Waals surface area contributed by atoms with Crippen LogP contribution in [0.4, 0.5) is 0 Å². The number of hydrogen-bond donors (Lipinski definition) is 1. The first-order valence-corrected chi connectivity index (χ1v) is 8.68. The van der Waals surface area contributed by atoms with Crippen LogP contribution in [0, 0.1) is 13.8 Å². The highest BCUT2D eigenvalue weighted by atomic mass is 16.5. The molecule has 5 heteroatoms. The van der Waals surface area contributed by atoms with Gasteiger partial charge in [-0.25, -0.2) is 0 Å². The third-order valence-electron chi connectivity index (χ3n) is 4.94. The zero-order chi connectivity index (χ0) is 17.1. The van der Waals surface area contributed by atoms with Gasteiger partial charge in [0.1, 0.15) is 0 Å². The number of carbonyl (C=O) groups is 1. The Kier molecular flexibility index (Phi) is 5.21. The molecule has 1 aromatic carbocycles. The number of nitrogens with zero attached hydrogens (tertiary/aromatic N) is 2. The van der Waals surface area contributed by atoms with E-state index < -0.39 is 0 Å². The van der Waals surface area contributed by atoms with Crippen LogP contribution in [0.3, 0.4) is 0 Å². The number of rotatable bonds is 5. The minimum atomic E-state index is 0.0269. The predicted molar refractivity (Wildman–Crippen MR) is 96.3 cm³/mol. The smallest absolute Gasteiger partial charge is 0.217 e. The molecule has 1 amide bonds. The van der Waals surface area contributed by atoms with Gasteiger partial charge in [0.05, 0.1) is 19.3 Å². The van der Waals surface area contributed by atoms with E-state index in [9.17, 15) is 4.79 Å². The van der Waals surface area contributed by atoms with Gasteiger partial charge in [-0.3, -0.25) is 9.69 Å². The summed E-state index contributed by atoms with van der Waals surface area (Å²) in [5.41, 5.74) is 3.83. The molecular formula is C19H27N3O2. The second kappa shape index (κ2) is 7.36. The van der Waals surface area contributed by atoms with Crippen LogP contribution in [0.5, 0.6) is 0 Å². The summed E-state index contributed by atoms with van der Waals surface area (Å²) >= 11 is 0. The van der Waals surface area contributed by atoms with Crippen molar-refractivity contribution in [3.05, 3.63) is 35.5 Å². The fourth-order valence-electron chi connectivity index (χ4n) is 3.59. The molecule has 1 fully saturated rings. The maximum absolute atomic E-state index is 11.7. The quantitative estimate of drug-likeness (QED) is 0.914. The van der Waals surface area contributed by atoms with Gasteiger partial charge in [0.2, 0.25) is 5.91 Å². The van der Waals surface area contributed by atoms with Crippen molar-refractivity contribution in [1.29, 1.82) is 0 Å². The number of amides is 1. The van der Waals surface area contributed by atoms with E-state index in [1.165, 1.54) is 22.2 Å². The zero-order valence-electron chi connectivity index (χ0n) is 14.8. The number of ether oxygens (including phenoxy) is 1. The maximum Gasteiger partial charge on any atom is 0.217 e. The van der Waals surface area contributed by atoms with Crippen LogP contribution < -0.4 is 5.32 Å². The van der Waals surface area contributed by atoms with E-state index in [0.29, 0.717) is 0 Å². The zero-order valence-corrected chi connectivity index (χ0v) is 14.8. The van der Waals surface area contributed by atoms with Crippen molar-refractivity contribution >= 4 is 16.8 Å². The Bertz CT molecular complexity index is 717. The van der Waals surface area contributed by atoms with Crippen molar-refractivity contribution in [1.82, 2.24) is 14.8 Å². The van der Waals surface area contributed by atoms with Gasteiger partial charge < -0.3 is 14.6 Å². The molecule has 3 rings (SSSR count). The topological polar surface area (TPSA) is 46.5 Å². The van der Waals surface area contributed by atoms with Crippen LogP contribution >= 0.6 is 0 Å². The van der Waals surface area contributed by atoms with Crippen LogP contribution in [0.15, 0.2) is 24.3 Å². The Morgan fingerprint density at radius 2 is 1.92 bits per heavy atom. The van der Waals surface area contributed by atoms with Crippen molar-refractivity contribution in [2.75, 3.05) is 32.8 Å². The second-order valence-electron chi connectivity index (χ2n) is 6.65. The molecule has 2 aromatic rings. The molecule has 1 N–H and O–H groups in total. The molecule has 1 atom stereocenters. The predicted octanol–water partition coefficient (Wildman–Crippen LogP) is 2.10. The average molecular weight is 329 g/mol. The number of benzene rings is 1. The lowest BCUT2D eigenvalue weighted by molar-refractivity contribution is -0.120. The first-order valence-electron chi connectivity index (χ1n) is 8.68.